The Morgan fingerprint density at radius 2 is 1.88 bits per heavy atom. The summed E-state index contributed by atoms with van der Waals surface area (Å²) in [5.74, 6) is 0.527. The number of ether oxygens (including phenoxy) is 2. The molecule has 1 saturated heterocycles. The summed E-state index contributed by atoms with van der Waals surface area (Å²) in [6.07, 6.45) is -0.621. The zero-order valence-corrected chi connectivity index (χ0v) is 15.0. The predicted molar refractivity (Wildman–Crippen MR) is 90.7 cm³/mol. The van der Waals surface area contributed by atoms with E-state index in [9.17, 15) is 13.5 Å². The second-order valence-corrected chi connectivity index (χ2v) is 7.95. The summed E-state index contributed by atoms with van der Waals surface area (Å²) in [7, 11) is -3.49. The van der Waals surface area contributed by atoms with Crippen molar-refractivity contribution in [1.29, 1.82) is 0 Å². The van der Waals surface area contributed by atoms with Crippen LogP contribution in [0.5, 0.6) is 5.75 Å². The maximum Gasteiger partial charge on any atom is 0.243 e. The van der Waals surface area contributed by atoms with E-state index in [4.69, 9.17) is 9.47 Å². The number of benzene rings is 1. The Balaban J connectivity index is 1.90. The van der Waals surface area contributed by atoms with Crippen LogP contribution in [-0.4, -0.2) is 69.4 Å². The summed E-state index contributed by atoms with van der Waals surface area (Å²) in [5, 5.41) is 12.9. The first-order chi connectivity index (χ1) is 11.4. The van der Waals surface area contributed by atoms with Gasteiger partial charge in [-0.1, -0.05) is 13.8 Å². The molecule has 2 rings (SSSR count). The molecule has 0 bridgehead atoms. The van der Waals surface area contributed by atoms with E-state index in [-0.39, 0.29) is 11.5 Å². The quantitative estimate of drug-likeness (QED) is 0.701. The monoisotopic (exact) mass is 358 g/mol. The minimum Gasteiger partial charge on any atom is -0.491 e. The second kappa shape index (κ2) is 8.77. The predicted octanol–water partition coefficient (Wildman–Crippen LogP) is 0.445. The lowest BCUT2D eigenvalue weighted by atomic mass is 10.3. The van der Waals surface area contributed by atoms with Gasteiger partial charge in [0.1, 0.15) is 18.5 Å². The van der Waals surface area contributed by atoms with Crippen LogP contribution in [0.25, 0.3) is 0 Å². The summed E-state index contributed by atoms with van der Waals surface area (Å²) in [4.78, 5) is 0.235. The van der Waals surface area contributed by atoms with Crippen LogP contribution in [0.3, 0.4) is 0 Å². The number of hydrogen-bond acceptors (Lipinski definition) is 6. The van der Waals surface area contributed by atoms with Crippen molar-refractivity contribution in [2.45, 2.75) is 30.9 Å². The van der Waals surface area contributed by atoms with E-state index >= 15 is 0 Å². The zero-order valence-electron chi connectivity index (χ0n) is 14.1. The highest BCUT2D eigenvalue weighted by Crippen LogP contribution is 2.20. The van der Waals surface area contributed by atoms with Gasteiger partial charge in [-0.05, 0) is 24.3 Å². The van der Waals surface area contributed by atoms with Crippen LogP contribution >= 0.6 is 0 Å². The number of aliphatic hydroxyl groups excluding tert-OH is 1. The van der Waals surface area contributed by atoms with Crippen molar-refractivity contribution in [2.24, 2.45) is 0 Å². The van der Waals surface area contributed by atoms with E-state index in [1.54, 1.807) is 12.1 Å². The van der Waals surface area contributed by atoms with Crippen LogP contribution < -0.4 is 10.1 Å². The number of hydrogen-bond donors (Lipinski definition) is 2. The molecular formula is C16H26N2O5S. The molecule has 1 aromatic carbocycles. The topological polar surface area (TPSA) is 88.1 Å². The molecule has 136 valence electrons. The van der Waals surface area contributed by atoms with Gasteiger partial charge in [0.25, 0.3) is 0 Å². The van der Waals surface area contributed by atoms with Crippen molar-refractivity contribution < 1.29 is 23.0 Å². The van der Waals surface area contributed by atoms with Crippen LogP contribution in [0.2, 0.25) is 0 Å². The van der Waals surface area contributed by atoms with Crippen LogP contribution in [-0.2, 0) is 14.8 Å². The summed E-state index contributed by atoms with van der Waals surface area (Å²) < 4.78 is 37.1. The maximum absolute atomic E-state index is 12.5. The SMILES string of the molecule is CC(C)NC[C@H](O)COc1ccc(S(=O)(=O)N2CCOCC2)cc1. The Morgan fingerprint density at radius 3 is 2.46 bits per heavy atom. The Morgan fingerprint density at radius 1 is 1.25 bits per heavy atom. The summed E-state index contributed by atoms with van der Waals surface area (Å²) in [5.41, 5.74) is 0. The molecule has 1 aliphatic rings. The molecule has 0 aliphatic carbocycles. The molecule has 0 spiro atoms. The van der Waals surface area contributed by atoms with Gasteiger partial charge < -0.3 is 19.9 Å². The number of nitrogens with one attached hydrogen (secondary N) is 1. The summed E-state index contributed by atoms with van der Waals surface area (Å²) in [6, 6.07) is 6.56. The molecule has 1 aliphatic heterocycles. The van der Waals surface area contributed by atoms with Gasteiger partial charge in [-0.2, -0.15) is 4.31 Å². The van der Waals surface area contributed by atoms with Gasteiger partial charge in [0.05, 0.1) is 18.1 Å². The van der Waals surface area contributed by atoms with Gasteiger partial charge in [0, 0.05) is 25.7 Å². The summed E-state index contributed by atoms with van der Waals surface area (Å²) >= 11 is 0. The number of nitrogens with zero attached hydrogens (tertiary/aromatic N) is 1. The molecule has 1 heterocycles. The molecule has 0 saturated carbocycles. The molecule has 1 fully saturated rings. The number of rotatable bonds is 8. The molecule has 0 unspecified atom stereocenters. The number of sulfonamides is 1. The van der Waals surface area contributed by atoms with Crippen LogP contribution in [0.4, 0.5) is 0 Å². The Labute approximate surface area is 143 Å². The maximum atomic E-state index is 12.5. The largest absolute Gasteiger partial charge is 0.491 e. The van der Waals surface area contributed by atoms with Gasteiger partial charge in [-0.25, -0.2) is 8.42 Å². The zero-order chi connectivity index (χ0) is 17.6. The van der Waals surface area contributed by atoms with Gasteiger partial charge >= 0.3 is 0 Å². The lowest BCUT2D eigenvalue weighted by molar-refractivity contribution is 0.0730. The Hall–Kier alpha value is -1.19. The van der Waals surface area contributed by atoms with Crippen molar-refractivity contribution in [1.82, 2.24) is 9.62 Å². The van der Waals surface area contributed by atoms with Crippen LogP contribution in [0.15, 0.2) is 29.2 Å². The van der Waals surface area contributed by atoms with Gasteiger partial charge in [0.2, 0.25) is 10.0 Å². The average Bonchev–Trinajstić information content (AvgIpc) is 2.59. The first kappa shape index (κ1) is 19.1. The molecule has 8 heteroatoms. The third kappa shape index (κ3) is 5.42. The van der Waals surface area contributed by atoms with Crippen molar-refractivity contribution in [3.63, 3.8) is 0 Å². The minimum absolute atomic E-state index is 0.148. The normalized spacial score (nSPS) is 17.8. The van der Waals surface area contributed by atoms with E-state index in [1.807, 2.05) is 13.8 Å². The molecule has 0 radical (unpaired) electrons. The third-order valence-electron chi connectivity index (χ3n) is 3.64. The Bertz CT molecular complexity index is 597. The molecule has 0 aromatic heterocycles. The lowest BCUT2D eigenvalue weighted by Gasteiger charge is -2.26. The molecule has 0 amide bonds. The first-order valence-corrected chi connectivity index (χ1v) is 9.56. The molecule has 7 nitrogen and oxygen atoms in total. The van der Waals surface area contributed by atoms with Crippen molar-refractivity contribution in [3.05, 3.63) is 24.3 Å². The van der Waals surface area contributed by atoms with Crippen molar-refractivity contribution >= 4 is 10.0 Å². The molecular weight excluding hydrogens is 332 g/mol. The van der Waals surface area contributed by atoms with Gasteiger partial charge in [-0.15, -0.1) is 0 Å². The van der Waals surface area contributed by atoms with Crippen molar-refractivity contribution in [3.8, 4) is 5.75 Å². The van der Waals surface area contributed by atoms with E-state index in [2.05, 4.69) is 5.32 Å². The minimum atomic E-state index is -3.49. The number of morpholine rings is 1. The van der Waals surface area contributed by atoms with Crippen LogP contribution in [0, 0.1) is 0 Å². The lowest BCUT2D eigenvalue weighted by Crippen LogP contribution is -2.40. The molecule has 2 N–H and O–H groups in total. The smallest absolute Gasteiger partial charge is 0.243 e. The fraction of sp³-hybridized carbons (Fsp3) is 0.625. The van der Waals surface area contributed by atoms with E-state index in [0.717, 1.165) is 0 Å². The van der Waals surface area contributed by atoms with Gasteiger partial charge in [0.15, 0.2) is 0 Å². The fourth-order valence-electron chi connectivity index (χ4n) is 2.27. The molecule has 24 heavy (non-hydrogen) atoms. The van der Waals surface area contributed by atoms with E-state index in [0.29, 0.717) is 44.6 Å². The Kier molecular flexibility index (Phi) is 7.00. The molecule has 1 atom stereocenters. The van der Waals surface area contributed by atoms with Crippen molar-refractivity contribution in [2.75, 3.05) is 39.5 Å². The first-order valence-electron chi connectivity index (χ1n) is 8.12. The van der Waals surface area contributed by atoms with E-state index in [1.165, 1.54) is 16.4 Å². The summed E-state index contributed by atoms with van der Waals surface area (Å²) in [6.45, 7) is 6.18. The third-order valence-corrected chi connectivity index (χ3v) is 5.55. The fourth-order valence-corrected chi connectivity index (χ4v) is 3.67. The molecule has 1 aromatic rings. The van der Waals surface area contributed by atoms with E-state index < -0.39 is 16.1 Å². The standard InChI is InChI=1S/C16H26N2O5S/c1-13(2)17-11-14(19)12-23-15-3-5-16(6-4-15)24(20,21)18-7-9-22-10-8-18/h3-6,13-14,17,19H,7-12H2,1-2H3/t14-/m0/s1. The second-order valence-electron chi connectivity index (χ2n) is 6.02. The van der Waals surface area contributed by atoms with Gasteiger partial charge in [-0.3, -0.25) is 0 Å². The highest BCUT2D eigenvalue weighted by Gasteiger charge is 2.26. The average molecular weight is 358 g/mol. The number of aliphatic hydroxyl groups is 1. The highest BCUT2D eigenvalue weighted by molar-refractivity contribution is 7.89. The van der Waals surface area contributed by atoms with Crippen LogP contribution in [0.1, 0.15) is 13.8 Å². The highest BCUT2D eigenvalue weighted by atomic mass is 32.2.